The van der Waals surface area contributed by atoms with E-state index in [2.05, 4.69) is 27.4 Å². The minimum Gasteiger partial charge on any atom is -0.481 e. The number of amides is 1. The van der Waals surface area contributed by atoms with Crippen LogP contribution in [0.2, 0.25) is 0 Å². The number of allylic oxidation sites excluding steroid dienone is 2. The molecule has 0 aromatic carbocycles. The van der Waals surface area contributed by atoms with Crippen molar-refractivity contribution in [1.29, 1.82) is 0 Å². The van der Waals surface area contributed by atoms with Crippen LogP contribution in [0.5, 0.6) is 5.88 Å². The van der Waals surface area contributed by atoms with Crippen molar-refractivity contribution in [2.24, 2.45) is 0 Å². The van der Waals surface area contributed by atoms with Crippen LogP contribution in [0.1, 0.15) is 53.0 Å². The first-order valence-electron chi connectivity index (χ1n) is 11.6. The quantitative estimate of drug-likeness (QED) is 0.619. The van der Waals surface area contributed by atoms with E-state index in [9.17, 15) is 9.59 Å². The smallest absolute Gasteiger partial charge is 0.258 e. The van der Waals surface area contributed by atoms with Gasteiger partial charge in [0.15, 0.2) is 5.65 Å². The summed E-state index contributed by atoms with van der Waals surface area (Å²) in [5.74, 6) is 0.104. The van der Waals surface area contributed by atoms with E-state index in [4.69, 9.17) is 4.74 Å². The molecule has 0 unspecified atom stereocenters. The van der Waals surface area contributed by atoms with E-state index in [1.165, 1.54) is 37.0 Å². The molecular weight excluding hydrogens is 436 g/mol. The molecule has 7 nitrogen and oxygen atoms in total. The molecule has 0 spiro atoms. The van der Waals surface area contributed by atoms with Crippen molar-refractivity contribution in [3.05, 3.63) is 50.6 Å². The molecule has 3 aromatic heterocycles. The highest BCUT2D eigenvalue weighted by Gasteiger charge is 2.24. The molecule has 33 heavy (non-hydrogen) atoms. The minimum atomic E-state index is -0.325. The number of methoxy groups -OCH3 is 1. The minimum absolute atomic E-state index is 0.185. The second-order valence-electron chi connectivity index (χ2n) is 8.47. The first-order chi connectivity index (χ1) is 16.2. The van der Waals surface area contributed by atoms with Crippen molar-refractivity contribution >= 4 is 45.3 Å². The summed E-state index contributed by atoms with van der Waals surface area (Å²) in [6.07, 6.45) is 14.0. The van der Waals surface area contributed by atoms with Crippen LogP contribution >= 0.6 is 11.3 Å². The first kappa shape index (κ1) is 21.9. The zero-order valence-electron chi connectivity index (χ0n) is 18.8. The Bertz CT molecular complexity index is 1310. The molecule has 0 atom stereocenters. The Labute approximate surface area is 196 Å². The van der Waals surface area contributed by atoms with E-state index >= 15 is 0 Å². The summed E-state index contributed by atoms with van der Waals surface area (Å²) < 4.78 is 7.24. The van der Waals surface area contributed by atoms with Gasteiger partial charge in [-0.3, -0.25) is 14.0 Å². The number of hydrogen-bond donors (Lipinski definition) is 1. The molecule has 1 aliphatic carbocycles. The summed E-state index contributed by atoms with van der Waals surface area (Å²) in [6.45, 7) is 3.47. The van der Waals surface area contributed by atoms with Gasteiger partial charge in [0.05, 0.1) is 23.1 Å². The lowest BCUT2D eigenvalue weighted by Crippen LogP contribution is -2.37. The standard InChI is InChI=1S/C25H28N4O3S/c1-32-20-12-11-17-22(30)21(24(31)26-13-16-28-14-7-2-3-8-15-28)25-29(23(17)27-20)18-9-5-4-6-10-19(18)33-25/h5-6,9-12H,2-4,7-8,13-16H2,1H3,(H,26,31). The zero-order valence-corrected chi connectivity index (χ0v) is 19.6. The number of thiazole rings is 1. The zero-order chi connectivity index (χ0) is 22.8. The summed E-state index contributed by atoms with van der Waals surface area (Å²) in [5, 5.41) is 3.42. The Hall–Kier alpha value is -2.97. The molecule has 0 bridgehead atoms. The maximum absolute atomic E-state index is 13.5. The molecule has 8 heteroatoms. The molecule has 3 aromatic rings. The highest BCUT2D eigenvalue weighted by molar-refractivity contribution is 7.19. The second-order valence-corrected chi connectivity index (χ2v) is 9.50. The fourth-order valence-electron chi connectivity index (χ4n) is 4.60. The summed E-state index contributed by atoms with van der Waals surface area (Å²) in [4.78, 5) is 35.4. The number of ether oxygens (including phenoxy) is 1. The highest BCUT2D eigenvalue weighted by Crippen LogP contribution is 2.32. The predicted octanol–water partition coefficient (Wildman–Crippen LogP) is 3.95. The SMILES string of the molecule is COc1ccc2c(=O)c(C(=O)NCCN3CCCCCC3)c3sc4c(n3c2n1)C=CCC=C4. The average Bonchev–Trinajstić information content (AvgIpc) is 3.01. The lowest BCUT2D eigenvalue weighted by atomic mass is 10.1. The van der Waals surface area contributed by atoms with Crippen molar-refractivity contribution < 1.29 is 9.53 Å². The molecule has 1 aliphatic heterocycles. The number of likely N-dealkylation sites (tertiary alicyclic amines) is 1. The first-order valence-corrected chi connectivity index (χ1v) is 12.4. The van der Waals surface area contributed by atoms with Gasteiger partial charge in [0.25, 0.3) is 5.91 Å². The summed E-state index contributed by atoms with van der Waals surface area (Å²) >= 11 is 1.45. The van der Waals surface area contributed by atoms with Gasteiger partial charge in [0.2, 0.25) is 11.3 Å². The van der Waals surface area contributed by atoms with Gasteiger partial charge in [0.1, 0.15) is 10.4 Å². The van der Waals surface area contributed by atoms with E-state index in [0.717, 1.165) is 36.6 Å². The van der Waals surface area contributed by atoms with Crippen LogP contribution in [0.15, 0.2) is 29.1 Å². The van der Waals surface area contributed by atoms with Gasteiger partial charge in [-0.2, -0.15) is 4.98 Å². The Morgan fingerprint density at radius 3 is 2.73 bits per heavy atom. The van der Waals surface area contributed by atoms with Gasteiger partial charge in [0, 0.05) is 19.2 Å². The van der Waals surface area contributed by atoms with E-state index in [1.807, 2.05) is 16.6 Å². The molecule has 1 fully saturated rings. The van der Waals surface area contributed by atoms with Crippen LogP contribution < -0.4 is 15.5 Å². The molecule has 0 radical (unpaired) electrons. The molecule has 1 amide bonds. The van der Waals surface area contributed by atoms with Gasteiger partial charge in [-0.1, -0.05) is 25.0 Å². The molecule has 1 saturated heterocycles. The van der Waals surface area contributed by atoms with E-state index in [-0.39, 0.29) is 16.9 Å². The third kappa shape index (κ3) is 4.20. The number of pyridine rings is 2. The number of carbonyl (C=O) groups is 1. The van der Waals surface area contributed by atoms with Crippen LogP contribution in [0.3, 0.4) is 0 Å². The number of carbonyl (C=O) groups excluding carboxylic acids is 1. The van der Waals surface area contributed by atoms with Gasteiger partial charge < -0.3 is 15.0 Å². The number of nitrogens with one attached hydrogen (secondary N) is 1. The van der Waals surface area contributed by atoms with Gasteiger partial charge >= 0.3 is 0 Å². The maximum atomic E-state index is 13.5. The summed E-state index contributed by atoms with van der Waals surface area (Å²) in [6, 6.07) is 3.36. The van der Waals surface area contributed by atoms with Crippen LogP contribution in [0.4, 0.5) is 0 Å². The number of nitrogens with zero attached hydrogens (tertiary/aromatic N) is 3. The second kappa shape index (κ2) is 9.49. The predicted molar refractivity (Wildman–Crippen MR) is 133 cm³/mol. The monoisotopic (exact) mass is 464 g/mol. The van der Waals surface area contributed by atoms with Crippen LogP contribution in [0, 0.1) is 0 Å². The van der Waals surface area contributed by atoms with Crippen LogP contribution in [-0.4, -0.2) is 53.5 Å². The lowest BCUT2D eigenvalue weighted by molar-refractivity contribution is 0.0949. The van der Waals surface area contributed by atoms with E-state index in [0.29, 0.717) is 28.3 Å². The molecule has 5 rings (SSSR count). The maximum Gasteiger partial charge on any atom is 0.258 e. The molecular formula is C25H28N4O3S. The normalized spacial score (nSPS) is 16.5. The molecule has 2 aliphatic rings. The third-order valence-electron chi connectivity index (χ3n) is 6.32. The number of hydrogen-bond acceptors (Lipinski definition) is 6. The van der Waals surface area contributed by atoms with Gasteiger partial charge in [-0.15, -0.1) is 11.3 Å². The van der Waals surface area contributed by atoms with Crippen molar-refractivity contribution in [3.8, 4) is 5.88 Å². The average molecular weight is 465 g/mol. The largest absolute Gasteiger partial charge is 0.481 e. The number of rotatable bonds is 5. The summed E-state index contributed by atoms with van der Waals surface area (Å²) in [5.41, 5.74) is 1.32. The van der Waals surface area contributed by atoms with Crippen LogP contribution in [0.25, 0.3) is 28.0 Å². The molecule has 172 valence electrons. The lowest BCUT2D eigenvalue weighted by Gasteiger charge is -2.19. The van der Waals surface area contributed by atoms with E-state index < -0.39 is 0 Å². The Morgan fingerprint density at radius 2 is 1.94 bits per heavy atom. The topological polar surface area (TPSA) is 75.9 Å². The summed E-state index contributed by atoms with van der Waals surface area (Å²) in [7, 11) is 1.55. The van der Waals surface area contributed by atoms with Crippen molar-refractivity contribution in [2.45, 2.75) is 32.1 Å². The molecule has 0 saturated carbocycles. The fourth-order valence-corrected chi connectivity index (χ4v) is 5.80. The van der Waals surface area contributed by atoms with Gasteiger partial charge in [-0.05, 0) is 50.6 Å². The Balaban J connectivity index is 1.56. The van der Waals surface area contributed by atoms with Crippen molar-refractivity contribution in [3.63, 3.8) is 0 Å². The van der Waals surface area contributed by atoms with Crippen molar-refractivity contribution in [2.75, 3.05) is 33.3 Å². The molecule has 4 heterocycles. The van der Waals surface area contributed by atoms with Gasteiger partial charge in [-0.25, -0.2) is 0 Å². The van der Waals surface area contributed by atoms with Crippen LogP contribution in [-0.2, 0) is 0 Å². The highest BCUT2D eigenvalue weighted by atomic mass is 32.1. The number of aromatic nitrogens is 2. The van der Waals surface area contributed by atoms with E-state index in [1.54, 1.807) is 19.2 Å². The Kier molecular flexibility index (Phi) is 6.28. The van der Waals surface area contributed by atoms with Crippen molar-refractivity contribution in [1.82, 2.24) is 19.6 Å². The molecule has 1 N–H and O–H groups in total. The number of fused-ring (bicyclic) bond motifs is 5. The fraction of sp³-hybridized carbons (Fsp3) is 0.400. The third-order valence-corrected chi connectivity index (χ3v) is 7.46. The Morgan fingerprint density at radius 1 is 1.15 bits per heavy atom.